The predicted molar refractivity (Wildman–Crippen MR) is 124 cm³/mol. The summed E-state index contributed by atoms with van der Waals surface area (Å²) in [6.45, 7) is 8.43. The van der Waals surface area contributed by atoms with Crippen molar-refractivity contribution in [3.05, 3.63) is 23.9 Å². The number of hydrogen-bond acceptors (Lipinski definition) is 5. The van der Waals surface area contributed by atoms with Gasteiger partial charge in [0.25, 0.3) is 0 Å². The van der Waals surface area contributed by atoms with Crippen LogP contribution in [0.15, 0.2) is 23.3 Å². The maximum absolute atomic E-state index is 5.91. The van der Waals surface area contributed by atoms with Crippen molar-refractivity contribution in [1.82, 2.24) is 20.5 Å². The molecule has 7 nitrogen and oxygen atoms in total. The molecule has 2 N–H and O–H groups in total. The Morgan fingerprint density at radius 2 is 2.07 bits per heavy atom. The first-order valence-corrected chi connectivity index (χ1v) is 10.3. The first-order valence-electron chi connectivity index (χ1n) is 10.3. The minimum absolute atomic E-state index is 0. The quantitative estimate of drug-likeness (QED) is 0.366. The Balaban J connectivity index is 0.00000225. The van der Waals surface area contributed by atoms with Crippen molar-refractivity contribution in [3.8, 4) is 0 Å². The molecule has 0 amide bonds. The van der Waals surface area contributed by atoms with E-state index < -0.39 is 0 Å². The normalized spacial score (nSPS) is 27.6. The zero-order chi connectivity index (χ0) is 18.6. The van der Waals surface area contributed by atoms with Crippen LogP contribution in [-0.2, 0) is 11.3 Å². The molecular formula is C20H33IN6O. The summed E-state index contributed by atoms with van der Waals surface area (Å²) in [5.41, 5.74) is 1.16. The summed E-state index contributed by atoms with van der Waals surface area (Å²) in [7, 11) is 1.82. The molecular weight excluding hydrogens is 467 g/mol. The standard InChI is InChI=1S/C20H32N6O.HI/c1-3-25-8-10-26(11-9-25)19-7-4-15(13-22-19)14-23-20(21-2)24-17-12-16-5-6-18(17)27-16;/h4,7,13,16-18H,3,5-6,8-12,14H2,1-2H3,(H2,21,23,24);1H. The van der Waals surface area contributed by atoms with E-state index >= 15 is 0 Å². The van der Waals surface area contributed by atoms with Gasteiger partial charge in [-0.2, -0.15) is 0 Å². The molecule has 3 unspecified atom stereocenters. The van der Waals surface area contributed by atoms with Crippen molar-refractivity contribution in [2.24, 2.45) is 4.99 Å². The fraction of sp³-hybridized carbons (Fsp3) is 0.700. The maximum atomic E-state index is 5.91. The van der Waals surface area contributed by atoms with Gasteiger partial charge in [-0.05, 0) is 37.4 Å². The van der Waals surface area contributed by atoms with Gasteiger partial charge in [-0.1, -0.05) is 13.0 Å². The Labute approximate surface area is 185 Å². The third-order valence-electron chi connectivity index (χ3n) is 6.06. The molecule has 3 saturated heterocycles. The Morgan fingerprint density at radius 1 is 1.25 bits per heavy atom. The largest absolute Gasteiger partial charge is 0.373 e. The maximum Gasteiger partial charge on any atom is 0.191 e. The molecule has 3 aliphatic rings. The second kappa shape index (κ2) is 10.1. The number of aliphatic imine (C=N–C) groups is 1. The Hall–Kier alpha value is -1.13. The van der Waals surface area contributed by atoms with Gasteiger partial charge >= 0.3 is 0 Å². The van der Waals surface area contributed by atoms with Crippen LogP contribution in [0.1, 0.15) is 31.7 Å². The van der Waals surface area contributed by atoms with Crippen LogP contribution in [0.2, 0.25) is 0 Å². The summed E-state index contributed by atoms with van der Waals surface area (Å²) in [6, 6.07) is 4.69. The van der Waals surface area contributed by atoms with Crippen molar-refractivity contribution in [2.75, 3.05) is 44.7 Å². The van der Waals surface area contributed by atoms with Crippen LogP contribution in [-0.4, -0.2) is 73.9 Å². The van der Waals surface area contributed by atoms with Gasteiger partial charge in [0.1, 0.15) is 5.82 Å². The highest BCUT2D eigenvalue weighted by Crippen LogP contribution is 2.34. The Bertz CT molecular complexity index is 647. The smallest absolute Gasteiger partial charge is 0.191 e. The number of anilines is 1. The van der Waals surface area contributed by atoms with Gasteiger partial charge < -0.3 is 25.2 Å². The zero-order valence-corrected chi connectivity index (χ0v) is 19.3. The molecule has 0 spiro atoms. The van der Waals surface area contributed by atoms with E-state index in [4.69, 9.17) is 4.74 Å². The number of aromatic nitrogens is 1. The number of nitrogens with one attached hydrogen (secondary N) is 2. The van der Waals surface area contributed by atoms with Crippen LogP contribution in [0.3, 0.4) is 0 Å². The van der Waals surface area contributed by atoms with E-state index in [-0.39, 0.29) is 24.0 Å². The second-order valence-electron chi connectivity index (χ2n) is 7.73. The lowest BCUT2D eigenvalue weighted by Gasteiger charge is -2.34. The highest BCUT2D eigenvalue weighted by molar-refractivity contribution is 14.0. The number of piperazine rings is 1. The van der Waals surface area contributed by atoms with E-state index in [0.717, 1.165) is 69.5 Å². The Kier molecular flexibility index (Phi) is 7.76. The lowest BCUT2D eigenvalue weighted by molar-refractivity contribution is 0.0992. The minimum atomic E-state index is 0. The van der Waals surface area contributed by atoms with E-state index in [0.29, 0.717) is 18.2 Å². The van der Waals surface area contributed by atoms with Gasteiger partial charge in [0, 0.05) is 46.0 Å². The number of likely N-dealkylation sites (N-methyl/N-ethyl adjacent to an activating group) is 1. The molecule has 1 aromatic heterocycles. The van der Waals surface area contributed by atoms with Crippen molar-refractivity contribution < 1.29 is 4.74 Å². The number of nitrogens with zero attached hydrogens (tertiary/aromatic N) is 4. The van der Waals surface area contributed by atoms with Crippen molar-refractivity contribution in [2.45, 2.75) is 51.0 Å². The molecule has 3 aliphatic heterocycles. The summed E-state index contributed by atoms with van der Waals surface area (Å²) >= 11 is 0. The zero-order valence-electron chi connectivity index (χ0n) is 16.9. The minimum Gasteiger partial charge on any atom is -0.373 e. The van der Waals surface area contributed by atoms with Gasteiger partial charge in [0.15, 0.2) is 5.96 Å². The number of rotatable bonds is 5. The lowest BCUT2D eigenvalue weighted by atomic mass is 9.96. The number of hydrogen-bond donors (Lipinski definition) is 2. The highest BCUT2D eigenvalue weighted by atomic mass is 127. The van der Waals surface area contributed by atoms with E-state index in [2.05, 4.69) is 49.5 Å². The number of ether oxygens (including phenoxy) is 1. The molecule has 0 aliphatic carbocycles. The van der Waals surface area contributed by atoms with Gasteiger partial charge in [-0.25, -0.2) is 4.98 Å². The molecule has 2 bridgehead atoms. The average Bonchev–Trinajstić information content (AvgIpc) is 3.35. The summed E-state index contributed by atoms with van der Waals surface area (Å²) < 4.78 is 5.91. The molecule has 8 heteroatoms. The number of pyridine rings is 1. The molecule has 3 atom stereocenters. The Morgan fingerprint density at radius 3 is 2.64 bits per heavy atom. The van der Waals surface area contributed by atoms with E-state index in [1.54, 1.807) is 0 Å². The highest BCUT2D eigenvalue weighted by Gasteiger charge is 2.41. The van der Waals surface area contributed by atoms with Crippen LogP contribution >= 0.6 is 24.0 Å². The first kappa shape index (κ1) is 21.6. The van der Waals surface area contributed by atoms with Crippen LogP contribution in [0, 0.1) is 0 Å². The van der Waals surface area contributed by atoms with E-state index in [1.165, 1.54) is 6.42 Å². The number of halogens is 1. The topological polar surface area (TPSA) is 65.0 Å². The van der Waals surface area contributed by atoms with Crippen LogP contribution in [0.25, 0.3) is 0 Å². The molecule has 4 heterocycles. The molecule has 0 saturated carbocycles. The molecule has 156 valence electrons. The average molecular weight is 500 g/mol. The van der Waals surface area contributed by atoms with E-state index in [1.807, 2.05) is 13.2 Å². The summed E-state index contributed by atoms with van der Waals surface area (Å²) in [5.74, 6) is 1.92. The van der Waals surface area contributed by atoms with E-state index in [9.17, 15) is 0 Å². The fourth-order valence-corrected chi connectivity index (χ4v) is 4.35. The monoisotopic (exact) mass is 500 g/mol. The summed E-state index contributed by atoms with van der Waals surface area (Å²) in [5, 5.41) is 6.93. The van der Waals surface area contributed by atoms with Gasteiger partial charge in [0.05, 0.1) is 18.2 Å². The number of guanidine groups is 1. The van der Waals surface area contributed by atoms with Gasteiger partial charge in [0.2, 0.25) is 0 Å². The van der Waals surface area contributed by atoms with Crippen LogP contribution < -0.4 is 15.5 Å². The van der Waals surface area contributed by atoms with Crippen molar-refractivity contribution >= 4 is 35.8 Å². The molecule has 0 radical (unpaired) electrons. The molecule has 4 rings (SSSR count). The van der Waals surface area contributed by atoms with Gasteiger partial charge in [-0.3, -0.25) is 4.99 Å². The molecule has 1 aromatic rings. The predicted octanol–water partition coefficient (Wildman–Crippen LogP) is 1.83. The lowest BCUT2D eigenvalue weighted by Crippen LogP contribution is -2.47. The summed E-state index contributed by atoms with van der Waals surface area (Å²) in [4.78, 5) is 13.9. The molecule has 3 fully saturated rings. The third-order valence-corrected chi connectivity index (χ3v) is 6.06. The fourth-order valence-electron chi connectivity index (χ4n) is 4.35. The summed E-state index contributed by atoms with van der Waals surface area (Å²) in [6.07, 6.45) is 6.23. The number of fused-ring (bicyclic) bond motifs is 2. The molecule has 0 aromatic carbocycles. The SMILES string of the molecule is CCN1CCN(c2ccc(CNC(=NC)NC3CC4CCC3O4)cn2)CC1.I. The van der Waals surface area contributed by atoms with Crippen molar-refractivity contribution in [1.29, 1.82) is 0 Å². The van der Waals surface area contributed by atoms with Crippen LogP contribution in [0.5, 0.6) is 0 Å². The van der Waals surface area contributed by atoms with Crippen molar-refractivity contribution in [3.63, 3.8) is 0 Å². The third kappa shape index (κ3) is 5.07. The van der Waals surface area contributed by atoms with Crippen LogP contribution in [0.4, 0.5) is 5.82 Å². The first-order chi connectivity index (χ1) is 13.2. The molecule has 28 heavy (non-hydrogen) atoms. The second-order valence-corrected chi connectivity index (χ2v) is 7.73. The van der Waals surface area contributed by atoms with Gasteiger partial charge in [-0.15, -0.1) is 24.0 Å².